The number of carbonyl (C=O) groups excluding carboxylic acids is 4. The largest absolute Gasteiger partial charge is 0.493 e. The van der Waals surface area contributed by atoms with E-state index in [-0.39, 0.29) is 33.8 Å². The van der Waals surface area contributed by atoms with Crippen LogP contribution in [0.5, 0.6) is 5.75 Å². The van der Waals surface area contributed by atoms with Crippen molar-refractivity contribution in [3.05, 3.63) is 45.8 Å². The Bertz CT molecular complexity index is 1360. The van der Waals surface area contributed by atoms with Gasteiger partial charge in [-0.05, 0) is 52.3 Å². The fourth-order valence-electron chi connectivity index (χ4n) is 3.27. The van der Waals surface area contributed by atoms with E-state index in [1.807, 2.05) is 6.92 Å². The van der Waals surface area contributed by atoms with Gasteiger partial charge in [-0.2, -0.15) is 0 Å². The molecule has 0 saturated carbocycles. The lowest BCUT2D eigenvalue weighted by Crippen LogP contribution is -2.23. The van der Waals surface area contributed by atoms with Gasteiger partial charge in [0.2, 0.25) is 11.0 Å². The zero-order valence-corrected chi connectivity index (χ0v) is 24.4. The minimum atomic E-state index is -0.649. The van der Waals surface area contributed by atoms with Gasteiger partial charge < -0.3 is 19.5 Å². The molecule has 0 spiro atoms. The average Bonchev–Trinajstić information content (AvgIpc) is 3.47. The zero-order chi connectivity index (χ0) is 28.5. The van der Waals surface area contributed by atoms with Crippen LogP contribution in [0, 0.1) is 6.92 Å². The van der Waals surface area contributed by atoms with E-state index in [4.69, 9.17) is 14.2 Å². The fraction of sp³-hybridized carbons (Fsp3) is 0.360. The number of aromatic nitrogens is 2. The van der Waals surface area contributed by atoms with Gasteiger partial charge >= 0.3 is 11.9 Å². The molecule has 0 fully saturated rings. The molecule has 3 rings (SSSR count). The molecule has 2 aromatic heterocycles. The average molecular weight is 593 g/mol. The number of anilines is 2. The molecule has 39 heavy (non-hydrogen) atoms. The summed E-state index contributed by atoms with van der Waals surface area (Å²) in [4.78, 5) is 50.9. The van der Waals surface area contributed by atoms with E-state index in [1.165, 1.54) is 0 Å². The molecule has 14 heteroatoms. The van der Waals surface area contributed by atoms with Gasteiger partial charge in [0.15, 0.2) is 4.34 Å². The fourth-order valence-corrected chi connectivity index (χ4v) is 6.25. The number of carbonyl (C=O) groups is 4. The van der Waals surface area contributed by atoms with Gasteiger partial charge in [0.1, 0.15) is 15.6 Å². The third-order valence-corrected chi connectivity index (χ3v) is 8.24. The maximum absolute atomic E-state index is 13.0. The smallest absolute Gasteiger partial charge is 0.348 e. The molecule has 0 aliphatic rings. The molecule has 1 atom stereocenters. The molecule has 0 bridgehead atoms. The summed E-state index contributed by atoms with van der Waals surface area (Å²) in [5, 5.41) is 13.3. The molecule has 0 saturated heterocycles. The number of thioether (sulfide) groups is 1. The molecule has 0 radical (unpaired) electrons. The topological polar surface area (TPSA) is 146 Å². The predicted molar refractivity (Wildman–Crippen MR) is 150 cm³/mol. The minimum Gasteiger partial charge on any atom is -0.493 e. The summed E-state index contributed by atoms with van der Waals surface area (Å²) in [6.45, 7) is 9.16. The van der Waals surface area contributed by atoms with E-state index >= 15 is 0 Å². The molecule has 0 aliphatic carbocycles. The maximum Gasteiger partial charge on any atom is 0.348 e. The number of hydrogen-bond acceptors (Lipinski definition) is 12. The van der Waals surface area contributed by atoms with E-state index in [9.17, 15) is 19.2 Å². The number of benzene rings is 1. The highest BCUT2D eigenvalue weighted by Crippen LogP contribution is 2.36. The van der Waals surface area contributed by atoms with Crippen LogP contribution in [0.4, 0.5) is 10.1 Å². The Balaban J connectivity index is 1.70. The highest BCUT2D eigenvalue weighted by Gasteiger charge is 2.28. The summed E-state index contributed by atoms with van der Waals surface area (Å²) >= 11 is 3.20. The number of nitrogens with zero attached hydrogens (tertiary/aromatic N) is 2. The van der Waals surface area contributed by atoms with E-state index < -0.39 is 29.0 Å². The maximum atomic E-state index is 13.0. The van der Waals surface area contributed by atoms with E-state index in [2.05, 4.69) is 20.8 Å². The Morgan fingerprint density at radius 2 is 1.64 bits per heavy atom. The molecule has 0 aliphatic heterocycles. The van der Waals surface area contributed by atoms with Crippen LogP contribution in [0.15, 0.2) is 28.6 Å². The first-order valence-corrected chi connectivity index (χ1v) is 14.5. The molecule has 1 aromatic carbocycles. The number of para-hydroxylation sites is 1. The van der Waals surface area contributed by atoms with Gasteiger partial charge in [0.05, 0.1) is 36.2 Å². The third-order valence-electron chi connectivity index (χ3n) is 5.03. The molecule has 11 nitrogen and oxygen atoms in total. The highest BCUT2D eigenvalue weighted by atomic mass is 32.2. The van der Waals surface area contributed by atoms with Gasteiger partial charge in [-0.25, -0.2) is 9.59 Å². The van der Waals surface area contributed by atoms with Crippen molar-refractivity contribution in [2.45, 2.75) is 44.2 Å². The number of thiophene rings is 1. The van der Waals surface area contributed by atoms with Crippen molar-refractivity contribution in [3.8, 4) is 5.75 Å². The number of ether oxygens (including phenoxy) is 3. The quantitative estimate of drug-likeness (QED) is 0.167. The van der Waals surface area contributed by atoms with Crippen molar-refractivity contribution in [3.63, 3.8) is 0 Å². The summed E-state index contributed by atoms with van der Waals surface area (Å²) in [6, 6.07) is 6.86. The lowest BCUT2D eigenvalue weighted by atomic mass is 10.1. The van der Waals surface area contributed by atoms with Gasteiger partial charge in [-0.1, -0.05) is 35.2 Å². The summed E-state index contributed by atoms with van der Waals surface area (Å²) in [5.74, 6) is -1.59. The van der Waals surface area contributed by atoms with Gasteiger partial charge in [0, 0.05) is 0 Å². The molecule has 3 aromatic rings. The summed E-state index contributed by atoms with van der Waals surface area (Å²) in [5.41, 5.74) is 0.856. The first-order valence-electron chi connectivity index (χ1n) is 12.0. The summed E-state index contributed by atoms with van der Waals surface area (Å²) in [7, 11) is 0. The molecule has 208 valence electrons. The van der Waals surface area contributed by atoms with Crippen molar-refractivity contribution < 1.29 is 33.4 Å². The lowest BCUT2D eigenvalue weighted by molar-refractivity contribution is -0.115. The van der Waals surface area contributed by atoms with Crippen molar-refractivity contribution in [1.29, 1.82) is 0 Å². The van der Waals surface area contributed by atoms with Crippen molar-refractivity contribution in [2.24, 2.45) is 0 Å². The Kier molecular flexibility index (Phi) is 10.8. The number of nitrogens with one attached hydrogen (secondary N) is 2. The van der Waals surface area contributed by atoms with Gasteiger partial charge in [-0.15, -0.1) is 21.5 Å². The second-order valence-corrected chi connectivity index (χ2v) is 11.3. The second kappa shape index (κ2) is 14.1. The molecule has 2 amide bonds. The normalized spacial score (nSPS) is 11.4. The van der Waals surface area contributed by atoms with Crippen LogP contribution in [-0.4, -0.2) is 59.0 Å². The third kappa shape index (κ3) is 7.55. The monoisotopic (exact) mass is 592 g/mol. The Morgan fingerprint density at radius 1 is 0.949 bits per heavy atom. The summed E-state index contributed by atoms with van der Waals surface area (Å²) < 4.78 is 16.2. The van der Waals surface area contributed by atoms with Crippen LogP contribution in [0.1, 0.15) is 63.6 Å². The summed E-state index contributed by atoms with van der Waals surface area (Å²) in [6.07, 6.45) is 0. The van der Waals surface area contributed by atoms with Gasteiger partial charge in [-0.3, -0.25) is 14.9 Å². The van der Waals surface area contributed by atoms with Crippen LogP contribution >= 0.6 is 34.4 Å². The van der Waals surface area contributed by atoms with Gasteiger partial charge in [0.25, 0.3) is 5.91 Å². The lowest BCUT2D eigenvalue weighted by Gasteiger charge is -2.11. The molecule has 2 heterocycles. The molecule has 1 unspecified atom stereocenters. The van der Waals surface area contributed by atoms with Crippen molar-refractivity contribution in [1.82, 2.24) is 10.2 Å². The zero-order valence-electron chi connectivity index (χ0n) is 22.0. The van der Waals surface area contributed by atoms with Crippen molar-refractivity contribution in [2.75, 3.05) is 30.5 Å². The Hall–Kier alpha value is -3.49. The van der Waals surface area contributed by atoms with Crippen molar-refractivity contribution >= 4 is 68.3 Å². The molecule has 2 N–H and O–H groups in total. The number of esters is 2. The highest BCUT2D eigenvalue weighted by molar-refractivity contribution is 8.02. The first kappa shape index (κ1) is 30.1. The Labute approximate surface area is 237 Å². The second-order valence-electron chi connectivity index (χ2n) is 7.71. The Morgan fingerprint density at radius 3 is 2.33 bits per heavy atom. The SMILES string of the molecule is CCOC(=O)c1sc(NC(=O)C(C)Sc2nnc(NC(=O)c3ccccc3OCC)s2)c(C(=O)OCC)c1C. The number of amides is 2. The minimum absolute atomic E-state index is 0.115. The number of hydrogen-bond donors (Lipinski definition) is 2. The predicted octanol–water partition coefficient (Wildman–Crippen LogP) is 5.03. The van der Waals surface area contributed by atoms with E-state index in [0.717, 1.165) is 34.4 Å². The molecular formula is C25H28N4O7S3. The standard InChI is InChI=1S/C25H28N4O7S3/c1-6-34-16-12-10-9-11-15(16)20(31)27-24-28-29-25(39-24)37-14(5)19(30)26-21-17(22(32)35-7-2)13(4)18(38-21)23(33)36-8-3/h9-12,14H,6-8H2,1-5H3,(H,26,30)(H,27,28,31). The van der Waals surface area contributed by atoms with Crippen LogP contribution in [-0.2, 0) is 14.3 Å². The van der Waals surface area contributed by atoms with Crippen LogP contribution in [0.25, 0.3) is 0 Å². The first-order chi connectivity index (χ1) is 18.7. The number of rotatable bonds is 12. The van der Waals surface area contributed by atoms with E-state index in [1.54, 1.807) is 52.0 Å². The molecular weight excluding hydrogens is 564 g/mol. The van der Waals surface area contributed by atoms with Crippen LogP contribution in [0.2, 0.25) is 0 Å². The van der Waals surface area contributed by atoms with E-state index in [0.29, 0.717) is 27.8 Å². The van der Waals surface area contributed by atoms with Crippen LogP contribution in [0.3, 0.4) is 0 Å². The van der Waals surface area contributed by atoms with Crippen LogP contribution < -0.4 is 15.4 Å².